The van der Waals surface area contributed by atoms with Crippen molar-refractivity contribution in [3.05, 3.63) is 108 Å². The maximum absolute atomic E-state index is 14.3. The van der Waals surface area contributed by atoms with Gasteiger partial charge in [0.15, 0.2) is 0 Å². The molecule has 2 heterocycles. The number of urea groups is 1. The van der Waals surface area contributed by atoms with E-state index in [1.807, 2.05) is 72.6 Å². The van der Waals surface area contributed by atoms with E-state index in [9.17, 15) is 9.59 Å². The van der Waals surface area contributed by atoms with Gasteiger partial charge < -0.3 is 19.5 Å². The van der Waals surface area contributed by atoms with E-state index in [0.29, 0.717) is 24.6 Å². The Balaban J connectivity index is 1.49. The van der Waals surface area contributed by atoms with Crippen molar-refractivity contribution in [2.45, 2.75) is 39.7 Å². The molecular formula is C33H36N4O3. The molecule has 206 valence electrons. The van der Waals surface area contributed by atoms with E-state index in [1.165, 1.54) is 0 Å². The minimum atomic E-state index is -0.326. The lowest BCUT2D eigenvalue weighted by Gasteiger charge is -2.39. The molecule has 5 rings (SSSR count). The Hall–Kier alpha value is -4.52. The topological polar surface area (TPSA) is 66.8 Å². The fraction of sp³-hybridized carbons (Fsp3) is 0.273. The summed E-state index contributed by atoms with van der Waals surface area (Å²) in [6.07, 6.45) is 3.72. The molecule has 0 saturated heterocycles. The number of fused-ring (bicyclic) bond motifs is 3. The van der Waals surface area contributed by atoms with Crippen molar-refractivity contribution in [2.24, 2.45) is 0 Å². The van der Waals surface area contributed by atoms with Crippen LogP contribution in [0.25, 0.3) is 5.69 Å². The summed E-state index contributed by atoms with van der Waals surface area (Å²) >= 11 is 0. The van der Waals surface area contributed by atoms with E-state index in [1.54, 1.807) is 4.90 Å². The van der Waals surface area contributed by atoms with Crippen LogP contribution in [0.1, 0.15) is 49.6 Å². The van der Waals surface area contributed by atoms with Crippen LogP contribution in [-0.4, -0.2) is 41.1 Å². The molecule has 0 radical (unpaired) electrons. The van der Waals surface area contributed by atoms with Crippen LogP contribution in [-0.2, 0) is 4.79 Å². The Morgan fingerprint density at radius 3 is 2.38 bits per heavy atom. The first-order valence-electron chi connectivity index (χ1n) is 13.9. The average molecular weight is 537 g/mol. The van der Waals surface area contributed by atoms with Crippen LogP contribution >= 0.6 is 0 Å². The first kappa shape index (κ1) is 27.1. The second kappa shape index (κ2) is 12.1. The van der Waals surface area contributed by atoms with Gasteiger partial charge in [-0.2, -0.15) is 0 Å². The van der Waals surface area contributed by atoms with Gasteiger partial charge in [-0.25, -0.2) is 4.79 Å². The summed E-state index contributed by atoms with van der Waals surface area (Å²) in [5, 5.41) is 2.98. The van der Waals surface area contributed by atoms with E-state index in [0.717, 1.165) is 41.0 Å². The molecule has 7 nitrogen and oxygen atoms in total. The number of aryl methyl sites for hydroxylation is 1. The normalized spacial score (nSPS) is 13.8. The van der Waals surface area contributed by atoms with Crippen LogP contribution in [0.4, 0.5) is 16.2 Å². The SMILES string of the molecule is CCCCN(CC(=O)N1c2ccccc2-n2cccc2[C@@H]1c1ccc(C)cc1)C(=O)Nc1ccccc1OCC. The summed E-state index contributed by atoms with van der Waals surface area (Å²) in [6.45, 7) is 6.93. The van der Waals surface area contributed by atoms with Gasteiger partial charge in [0.1, 0.15) is 18.3 Å². The summed E-state index contributed by atoms with van der Waals surface area (Å²) in [5.41, 5.74) is 5.52. The average Bonchev–Trinajstić information content (AvgIpc) is 3.46. The van der Waals surface area contributed by atoms with Gasteiger partial charge in [0.2, 0.25) is 5.91 Å². The lowest BCUT2D eigenvalue weighted by Crippen LogP contribution is -2.48. The standard InChI is InChI=1S/C33H36N4O3/c1-4-6-21-35(33(39)34-26-12-7-10-16-30(26)40-5-2)23-31(38)37-28-14-9-8-13-27(28)36-22-11-15-29(36)32(37)25-19-17-24(3)18-20-25/h7-20,22,32H,4-6,21,23H2,1-3H3,(H,34,39)/t32-/m0/s1. The predicted octanol–water partition coefficient (Wildman–Crippen LogP) is 6.95. The fourth-order valence-electron chi connectivity index (χ4n) is 5.21. The van der Waals surface area contributed by atoms with Gasteiger partial charge >= 0.3 is 6.03 Å². The number of anilines is 2. The third-order valence-corrected chi connectivity index (χ3v) is 7.20. The van der Waals surface area contributed by atoms with Crippen LogP contribution in [0, 0.1) is 6.92 Å². The number of para-hydroxylation sites is 4. The lowest BCUT2D eigenvalue weighted by atomic mass is 9.97. The third kappa shape index (κ3) is 5.45. The van der Waals surface area contributed by atoms with Crippen molar-refractivity contribution in [3.63, 3.8) is 0 Å². The second-order valence-corrected chi connectivity index (χ2v) is 10.0. The monoisotopic (exact) mass is 536 g/mol. The molecule has 1 atom stereocenters. The van der Waals surface area contributed by atoms with Crippen LogP contribution in [0.5, 0.6) is 5.75 Å². The molecule has 7 heteroatoms. The molecule has 1 N–H and O–H groups in total. The van der Waals surface area contributed by atoms with Crippen molar-refractivity contribution in [1.29, 1.82) is 0 Å². The third-order valence-electron chi connectivity index (χ3n) is 7.20. The highest BCUT2D eigenvalue weighted by Gasteiger charge is 2.37. The molecule has 1 aliphatic heterocycles. The Morgan fingerprint density at radius 1 is 0.900 bits per heavy atom. The molecule has 40 heavy (non-hydrogen) atoms. The Labute approximate surface area is 236 Å². The zero-order valence-corrected chi connectivity index (χ0v) is 23.3. The molecule has 3 amide bonds. The highest BCUT2D eigenvalue weighted by molar-refractivity contribution is 6.01. The number of amides is 3. The number of aromatic nitrogens is 1. The Bertz CT molecular complexity index is 1480. The van der Waals surface area contributed by atoms with Crippen molar-refractivity contribution >= 4 is 23.3 Å². The summed E-state index contributed by atoms with van der Waals surface area (Å²) in [4.78, 5) is 31.3. The van der Waals surface area contributed by atoms with Crippen molar-refractivity contribution < 1.29 is 14.3 Å². The summed E-state index contributed by atoms with van der Waals surface area (Å²) in [5.74, 6) is 0.458. The van der Waals surface area contributed by atoms with Crippen LogP contribution in [0.15, 0.2) is 91.1 Å². The van der Waals surface area contributed by atoms with Gasteiger partial charge in [0.05, 0.1) is 29.4 Å². The number of carbonyl (C=O) groups is 2. The van der Waals surface area contributed by atoms with Crippen molar-refractivity contribution in [1.82, 2.24) is 9.47 Å². The number of nitrogens with zero attached hydrogens (tertiary/aromatic N) is 3. The summed E-state index contributed by atoms with van der Waals surface area (Å²) in [7, 11) is 0. The number of hydrogen-bond donors (Lipinski definition) is 1. The van der Waals surface area contributed by atoms with Gasteiger partial charge in [0, 0.05) is 12.7 Å². The number of nitrogens with one attached hydrogen (secondary N) is 1. The fourth-order valence-corrected chi connectivity index (χ4v) is 5.21. The van der Waals surface area contributed by atoms with Gasteiger partial charge in [-0.05, 0) is 62.2 Å². The van der Waals surface area contributed by atoms with Gasteiger partial charge in [0.25, 0.3) is 0 Å². The van der Waals surface area contributed by atoms with Gasteiger partial charge in [-0.15, -0.1) is 0 Å². The number of carbonyl (C=O) groups excluding carboxylic acids is 2. The summed E-state index contributed by atoms with van der Waals surface area (Å²) in [6, 6.07) is 27.0. The highest BCUT2D eigenvalue weighted by atomic mass is 16.5. The Kier molecular flexibility index (Phi) is 8.20. The molecule has 4 aromatic rings. The van der Waals surface area contributed by atoms with E-state index in [-0.39, 0.29) is 24.5 Å². The molecule has 0 fully saturated rings. The highest BCUT2D eigenvalue weighted by Crippen LogP contribution is 2.42. The van der Waals surface area contributed by atoms with E-state index < -0.39 is 0 Å². The quantitative estimate of drug-likeness (QED) is 0.252. The first-order chi connectivity index (χ1) is 19.5. The molecule has 0 bridgehead atoms. The molecule has 1 aliphatic rings. The van der Waals surface area contributed by atoms with Gasteiger partial charge in [-0.3, -0.25) is 9.69 Å². The van der Waals surface area contributed by atoms with Crippen LogP contribution in [0.2, 0.25) is 0 Å². The number of unbranched alkanes of at least 4 members (excludes halogenated alkanes) is 1. The molecule has 0 unspecified atom stereocenters. The maximum Gasteiger partial charge on any atom is 0.322 e. The van der Waals surface area contributed by atoms with E-state index in [4.69, 9.17) is 4.74 Å². The molecule has 0 aliphatic carbocycles. The zero-order valence-electron chi connectivity index (χ0n) is 23.3. The number of ether oxygens (including phenoxy) is 1. The molecule has 3 aromatic carbocycles. The molecule has 0 saturated carbocycles. The lowest BCUT2D eigenvalue weighted by molar-refractivity contribution is -0.119. The van der Waals surface area contributed by atoms with Crippen LogP contribution in [0.3, 0.4) is 0 Å². The second-order valence-electron chi connectivity index (χ2n) is 10.0. The summed E-state index contributed by atoms with van der Waals surface area (Å²) < 4.78 is 7.85. The largest absolute Gasteiger partial charge is 0.492 e. The predicted molar refractivity (Wildman–Crippen MR) is 159 cm³/mol. The van der Waals surface area contributed by atoms with Crippen LogP contribution < -0.4 is 15.0 Å². The number of hydrogen-bond acceptors (Lipinski definition) is 3. The van der Waals surface area contributed by atoms with E-state index >= 15 is 0 Å². The Morgan fingerprint density at radius 2 is 1.62 bits per heavy atom. The van der Waals surface area contributed by atoms with Crippen molar-refractivity contribution in [2.75, 3.05) is 29.9 Å². The minimum absolute atomic E-state index is 0.0555. The maximum atomic E-state index is 14.3. The number of benzene rings is 3. The molecule has 1 aromatic heterocycles. The van der Waals surface area contributed by atoms with Crippen molar-refractivity contribution in [3.8, 4) is 11.4 Å². The molecule has 0 spiro atoms. The zero-order chi connectivity index (χ0) is 28.1. The smallest absolute Gasteiger partial charge is 0.322 e. The van der Waals surface area contributed by atoms with Gasteiger partial charge in [-0.1, -0.05) is 67.4 Å². The van der Waals surface area contributed by atoms with E-state index in [2.05, 4.69) is 54.1 Å². The first-order valence-corrected chi connectivity index (χ1v) is 13.9. The molecular weight excluding hydrogens is 500 g/mol. The minimum Gasteiger partial charge on any atom is -0.492 e. The number of rotatable bonds is 9.